The highest BCUT2D eigenvalue weighted by atomic mass is 32.2. The second-order valence-corrected chi connectivity index (χ2v) is 1.78. The van der Waals surface area contributed by atoms with Crippen molar-refractivity contribution in [2.24, 2.45) is 0 Å². The zero-order valence-corrected chi connectivity index (χ0v) is 5.27. The van der Waals surface area contributed by atoms with Gasteiger partial charge in [0.25, 0.3) is 0 Å². The molecule has 6 heteroatoms. The third kappa shape index (κ3) is 7.25. The minimum atomic E-state index is -0.963. The summed E-state index contributed by atoms with van der Waals surface area (Å²) in [6.07, 6.45) is 0.458. The molecule has 0 radical (unpaired) electrons. The molecule has 0 aliphatic heterocycles. The molecular formula is C3H6N2O3S. The van der Waals surface area contributed by atoms with Crippen molar-refractivity contribution in [2.75, 3.05) is 6.54 Å². The van der Waals surface area contributed by atoms with E-state index in [9.17, 15) is 9.59 Å². The number of rotatable bonds is 5. The molecule has 0 unspecified atom stereocenters. The van der Waals surface area contributed by atoms with Crippen LogP contribution in [-0.4, -0.2) is 24.0 Å². The Morgan fingerprint density at radius 2 is 2.44 bits per heavy atom. The van der Waals surface area contributed by atoms with Crippen LogP contribution in [-0.2, 0) is 9.59 Å². The lowest BCUT2D eigenvalue weighted by atomic mass is 10.7. The van der Waals surface area contributed by atoms with Crippen LogP contribution in [0.4, 0.5) is 0 Å². The maximum atomic E-state index is 9.77. The maximum absolute atomic E-state index is 9.77. The van der Waals surface area contributed by atoms with Gasteiger partial charge in [0.15, 0.2) is 0 Å². The van der Waals surface area contributed by atoms with Crippen molar-refractivity contribution in [1.29, 1.82) is 0 Å². The number of amides is 1. The number of carboxylic acids is 1. The van der Waals surface area contributed by atoms with Crippen molar-refractivity contribution in [3.05, 3.63) is 0 Å². The highest BCUT2D eigenvalue weighted by molar-refractivity contribution is 7.95. The molecule has 0 spiro atoms. The lowest BCUT2D eigenvalue weighted by molar-refractivity contribution is -0.135. The Balaban J connectivity index is 2.91. The third-order valence-electron chi connectivity index (χ3n) is 0.403. The second-order valence-electron chi connectivity index (χ2n) is 1.05. The van der Waals surface area contributed by atoms with Crippen LogP contribution < -0.4 is 9.44 Å². The van der Waals surface area contributed by atoms with Crippen molar-refractivity contribution in [2.45, 2.75) is 0 Å². The molecule has 0 saturated carbocycles. The summed E-state index contributed by atoms with van der Waals surface area (Å²) >= 11 is 0.833. The lowest BCUT2D eigenvalue weighted by Crippen LogP contribution is -2.19. The van der Waals surface area contributed by atoms with Crippen LogP contribution >= 0.6 is 12.1 Å². The van der Waals surface area contributed by atoms with Gasteiger partial charge in [-0.2, -0.15) is 0 Å². The van der Waals surface area contributed by atoms with Gasteiger partial charge in [-0.25, -0.2) is 4.72 Å². The Labute approximate surface area is 56.1 Å². The third-order valence-corrected chi connectivity index (χ3v) is 0.905. The monoisotopic (exact) mass is 150 g/mol. The number of carboxylic acid groups (broad SMARTS) is 1. The molecule has 0 atom stereocenters. The standard InChI is InChI=1S/C3H6N2O3S/c6-2-5-9-4-1-3(7)8/h2,4H,1H2,(H,5,6)(H,7,8). The second kappa shape index (κ2) is 5.39. The van der Waals surface area contributed by atoms with E-state index in [1.54, 1.807) is 0 Å². The highest BCUT2D eigenvalue weighted by Gasteiger charge is 1.92. The van der Waals surface area contributed by atoms with E-state index in [1.807, 2.05) is 0 Å². The van der Waals surface area contributed by atoms with Crippen LogP contribution in [0.3, 0.4) is 0 Å². The summed E-state index contributed by atoms with van der Waals surface area (Å²) in [4.78, 5) is 19.3. The van der Waals surface area contributed by atoms with Crippen LogP contribution in [0.2, 0.25) is 0 Å². The van der Waals surface area contributed by atoms with Gasteiger partial charge in [0.2, 0.25) is 6.41 Å². The number of hydrogen-bond acceptors (Lipinski definition) is 4. The lowest BCUT2D eigenvalue weighted by Gasteiger charge is -1.94. The molecule has 52 valence electrons. The number of carbonyl (C=O) groups excluding carboxylic acids is 1. The molecule has 0 fully saturated rings. The summed E-state index contributed by atoms with van der Waals surface area (Å²) < 4.78 is 4.53. The average molecular weight is 150 g/mol. The summed E-state index contributed by atoms with van der Waals surface area (Å²) in [6, 6.07) is 0. The summed E-state index contributed by atoms with van der Waals surface area (Å²) in [5, 5.41) is 8.02. The zero-order valence-electron chi connectivity index (χ0n) is 4.46. The van der Waals surface area contributed by atoms with Crippen LogP contribution in [0.15, 0.2) is 0 Å². The number of hydrogen-bond donors (Lipinski definition) is 3. The van der Waals surface area contributed by atoms with Gasteiger partial charge in [0, 0.05) is 12.1 Å². The van der Waals surface area contributed by atoms with E-state index in [0.717, 1.165) is 12.1 Å². The van der Waals surface area contributed by atoms with Crippen LogP contribution in [0, 0.1) is 0 Å². The predicted octanol–water partition coefficient (Wildman–Crippen LogP) is -1.03. The fourth-order valence-corrected chi connectivity index (χ4v) is 0.491. The fraction of sp³-hybridized carbons (Fsp3) is 0.333. The normalized spacial score (nSPS) is 8.44. The van der Waals surface area contributed by atoms with Gasteiger partial charge in [-0.3, -0.25) is 14.3 Å². The minimum absolute atomic E-state index is 0.175. The van der Waals surface area contributed by atoms with Crippen LogP contribution in [0.25, 0.3) is 0 Å². The minimum Gasteiger partial charge on any atom is -0.480 e. The molecule has 1 amide bonds. The summed E-state index contributed by atoms with van der Waals surface area (Å²) in [6.45, 7) is -0.175. The number of aliphatic carboxylic acids is 1. The van der Waals surface area contributed by atoms with Gasteiger partial charge in [-0.15, -0.1) is 0 Å². The Kier molecular flexibility index (Phi) is 4.94. The molecular weight excluding hydrogens is 144 g/mol. The van der Waals surface area contributed by atoms with Crippen molar-refractivity contribution >= 4 is 24.5 Å². The molecule has 3 N–H and O–H groups in total. The van der Waals surface area contributed by atoms with Crippen molar-refractivity contribution in [3.8, 4) is 0 Å². The van der Waals surface area contributed by atoms with E-state index in [4.69, 9.17) is 5.11 Å². The SMILES string of the molecule is O=CNSNCC(=O)O. The Bertz CT molecular complexity index is 107. The highest BCUT2D eigenvalue weighted by Crippen LogP contribution is 1.78. The number of nitrogens with one attached hydrogen (secondary N) is 2. The maximum Gasteiger partial charge on any atom is 0.318 e. The topological polar surface area (TPSA) is 78.4 Å². The predicted molar refractivity (Wildman–Crippen MR) is 32.4 cm³/mol. The Hall–Kier alpha value is -0.750. The first-order valence-electron chi connectivity index (χ1n) is 2.07. The Morgan fingerprint density at radius 3 is 2.89 bits per heavy atom. The summed E-state index contributed by atoms with van der Waals surface area (Å²) in [5.74, 6) is -0.963. The molecule has 0 saturated heterocycles. The molecule has 5 nitrogen and oxygen atoms in total. The smallest absolute Gasteiger partial charge is 0.318 e. The van der Waals surface area contributed by atoms with E-state index < -0.39 is 5.97 Å². The van der Waals surface area contributed by atoms with Crippen LogP contribution in [0.5, 0.6) is 0 Å². The summed E-state index contributed by atoms with van der Waals surface area (Å²) in [7, 11) is 0. The van der Waals surface area contributed by atoms with E-state index >= 15 is 0 Å². The molecule has 0 heterocycles. The van der Waals surface area contributed by atoms with Gasteiger partial charge in [-0.1, -0.05) is 0 Å². The largest absolute Gasteiger partial charge is 0.480 e. The van der Waals surface area contributed by atoms with Gasteiger partial charge in [0.05, 0.1) is 0 Å². The van der Waals surface area contributed by atoms with Gasteiger partial charge in [-0.05, 0) is 0 Å². The van der Waals surface area contributed by atoms with E-state index in [1.165, 1.54) is 0 Å². The fourth-order valence-electron chi connectivity index (χ4n) is 0.164. The van der Waals surface area contributed by atoms with Crippen molar-refractivity contribution in [3.63, 3.8) is 0 Å². The quantitative estimate of drug-likeness (QED) is 0.265. The van der Waals surface area contributed by atoms with E-state index in [2.05, 4.69) is 9.44 Å². The number of carbonyl (C=O) groups is 2. The van der Waals surface area contributed by atoms with Crippen molar-refractivity contribution in [1.82, 2.24) is 9.44 Å². The molecule has 0 bridgehead atoms. The average Bonchev–Trinajstić information content (AvgIpc) is 1.80. The Morgan fingerprint density at radius 1 is 1.78 bits per heavy atom. The van der Waals surface area contributed by atoms with Gasteiger partial charge >= 0.3 is 5.97 Å². The van der Waals surface area contributed by atoms with E-state index in [-0.39, 0.29) is 6.54 Å². The zero-order chi connectivity index (χ0) is 7.11. The molecule has 0 aliphatic carbocycles. The van der Waals surface area contributed by atoms with Crippen LogP contribution in [0.1, 0.15) is 0 Å². The molecule has 0 aliphatic rings. The molecule has 0 aromatic rings. The van der Waals surface area contributed by atoms with E-state index in [0.29, 0.717) is 6.41 Å². The first kappa shape index (κ1) is 8.25. The first-order valence-corrected chi connectivity index (χ1v) is 2.88. The van der Waals surface area contributed by atoms with Crippen molar-refractivity contribution < 1.29 is 14.7 Å². The van der Waals surface area contributed by atoms with Gasteiger partial charge in [0.1, 0.15) is 6.54 Å². The summed E-state index contributed by atoms with van der Waals surface area (Å²) in [5.41, 5.74) is 0. The molecule has 0 aromatic carbocycles. The molecule has 9 heavy (non-hydrogen) atoms. The first-order chi connectivity index (χ1) is 4.27. The molecule has 0 rings (SSSR count). The molecule has 0 aromatic heterocycles. The van der Waals surface area contributed by atoms with Gasteiger partial charge < -0.3 is 5.11 Å².